The predicted octanol–water partition coefficient (Wildman–Crippen LogP) is 5.50. The number of imidazole rings is 2. The molecule has 0 radical (unpaired) electrons. The van der Waals surface area contributed by atoms with Crippen LogP contribution >= 0.6 is 11.3 Å². The molecule has 0 aliphatic rings. The monoisotopic (exact) mass is 479 g/mol. The molecule has 6 rings (SSSR count). The van der Waals surface area contributed by atoms with Gasteiger partial charge in [-0.2, -0.15) is 4.98 Å². The average Bonchev–Trinajstić information content (AvgIpc) is 3.63. The van der Waals surface area contributed by atoms with Gasteiger partial charge in [0.1, 0.15) is 22.7 Å². The maximum atomic E-state index is 5.81. The van der Waals surface area contributed by atoms with Crippen molar-refractivity contribution in [2.24, 2.45) is 0 Å². The lowest BCUT2D eigenvalue weighted by atomic mass is 10.2. The van der Waals surface area contributed by atoms with Crippen molar-refractivity contribution in [3.8, 4) is 40.2 Å². The lowest BCUT2D eigenvalue weighted by molar-refractivity contribution is 0.309. The molecular weight excluding hydrogens is 458 g/mol. The van der Waals surface area contributed by atoms with Crippen LogP contribution in [0.25, 0.3) is 45.3 Å². The highest BCUT2D eigenvalue weighted by Gasteiger charge is 2.17. The number of hydrogen-bond acceptors (Lipinski definition) is 7. The number of nitrogens with zero attached hydrogens (tertiary/aromatic N) is 7. The minimum atomic E-state index is 0.517. The molecule has 0 amide bonds. The van der Waals surface area contributed by atoms with Crippen LogP contribution in [-0.2, 0) is 0 Å². The van der Waals surface area contributed by atoms with E-state index in [0.29, 0.717) is 12.6 Å². The van der Waals surface area contributed by atoms with Gasteiger partial charge in [0.2, 0.25) is 0 Å². The second-order valence-electron chi connectivity index (χ2n) is 7.91. The van der Waals surface area contributed by atoms with Crippen LogP contribution in [0, 0.1) is 6.92 Å². The Balaban J connectivity index is 1.46. The predicted molar refractivity (Wildman–Crippen MR) is 136 cm³/mol. The second-order valence-corrected chi connectivity index (χ2v) is 8.63. The first-order valence-electron chi connectivity index (χ1n) is 11.2. The molecule has 172 valence electrons. The van der Waals surface area contributed by atoms with E-state index < -0.39 is 0 Å². The van der Waals surface area contributed by atoms with E-state index in [-0.39, 0.29) is 0 Å². The zero-order valence-electron chi connectivity index (χ0n) is 19.2. The van der Waals surface area contributed by atoms with Crippen molar-refractivity contribution >= 4 is 22.5 Å². The minimum Gasteiger partial charge on any atom is -0.465 e. The highest BCUT2D eigenvalue weighted by Crippen LogP contribution is 2.30. The summed E-state index contributed by atoms with van der Waals surface area (Å²) in [5.41, 5.74) is 8.79. The minimum absolute atomic E-state index is 0.517. The molecule has 0 saturated heterocycles. The normalized spacial score (nSPS) is 11.3. The average molecular weight is 480 g/mol. The number of aromatic nitrogens is 7. The molecule has 0 aliphatic heterocycles. The Morgan fingerprint density at radius 3 is 2.51 bits per heavy atom. The molecule has 5 aromatic heterocycles. The molecule has 0 saturated carbocycles. The summed E-state index contributed by atoms with van der Waals surface area (Å²) in [5.74, 6) is 0.809. The zero-order chi connectivity index (χ0) is 23.8. The number of hydrogen-bond donors (Lipinski definition) is 0. The summed E-state index contributed by atoms with van der Waals surface area (Å²) in [6.07, 6.45) is 5.62. The highest BCUT2D eigenvalue weighted by molar-refractivity contribution is 7.07. The first kappa shape index (κ1) is 21.2. The van der Waals surface area contributed by atoms with Crippen LogP contribution in [0.3, 0.4) is 0 Å². The summed E-state index contributed by atoms with van der Waals surface area (Å²) in [5, 5.41) is 2.00. The third-order valence-corrected chi connectivity index (χ3v) is 6.20. The van der Waals surface area contributed by atoms with Crippen LogP contribution in [0.4, 0.5) is 0 Å². The van der Waals surface area contributed by atoms with Crippen molar-refractivity contribution < 1.29 is 4.74 Å². The standard InChI is InChI=1S/C26H21N7OS/c1-3-34-26-31-21-5-4-12-27-25(21)33(26)19-10-7-18(8-11-19)24-30-22(23-15-35-16-29-23)14-32(24)20-9-6-17(2)28-13-20/h4-16H,3H2,1-2H3. The maximum Gasteiger partial charge on any atom is 0.303 e. The fourth-order valence-electron chi connectivity index (χ4n) is 3.96. The number of thiazole rings is 1. The van der Waals surface area contributed by atoms with Crippen LogP contribution in [0.5, 0.6) is 6.01 Å². The largest absolute Gasteiger partial charge is 0.465 e. The maximum absolute atomic E-state index is 5.81. The zero-order valence-corrected chi connectivity index (χ0v) is 20.0. The summed E-state index contributed by atoms with van der Waals surface area (Å²) < 4.78 is 9.79. The van der Waals surface area contributed by atoms with Crippen LogP contribution in [-0.4, -0.2) is 40.7 Å². The van der Waals surface area contributed by atoms with Gasteiger partial charge in [-0.1, -0.05) is 0 Å². The second kappa shape index (κ2) is 8.77. The smallest absolute Gasteiger partial charge is 0.303 e. The number of aryl methyl sites for hydroxylation is 1. The fraction of sp³-hybridized carbons (Fsp3) is 0.115. The Hall–Kier alpha value is -4.37. The molecule has 0 atom stereocenters. The van der Waals surface area contributed by atoms with Crippen molar-refractivity contribution in [1.29, 1.82) is 0 Å². The third-order valence-electron chi connectivity index (χ3n) is 5.62. The van der Waals surface area contributed by atoms with E-state index in [2.05, 4.69) is 24.5 Å². The van der Waals surface area contributed by atoms with Gasteiger partial charge >= 0.3 is 6.01 Å². The molecule has 8 nitrogen and oxygen atoms in total. The number of ether oxygens (including phenoxy) is 1. The van der Waals surface area contributed by atoms with Crippen molar-refractivity contribution in [3.63, 3.8) is 0 Å². The Bertz CT molecular complexity index is 1600. The first-order chi connectivity index (χ1) is 17.2. The van der Waals surface area contributed by atoms with Gasteiger partial charge in [-0.15, -0.1) is 11.3 Å². The SMILES string of the molecule is CCOc1nc2cccnc2n1-c1ccc(-c2nc(-c3cscn3)cn2-c2ccc(C)nc2)cc1. The molecule has 35 heavy (non-hydrogen) atoms. The molecule has 0 aliphatic carbocycles. The highest BCUT2D eigenvalue weighted by atomic mass is 32.1. The van der Waals surface area contributed by atoms with Gasteiger partial charge in [0.05, 0.1) is 29.7 Å². The lowest BCUT2D eigenvalue weighted by Gasteiger charge is -2.11. The Morgan fingerprint density at radius 1 is 0.914 bits per heavy atom. The number of benzene rings is 1. The summed E-state index contributed by atoms with van der Waals surface area (Å²) in [6.45, 7) is 4.44. The molecule has 0 spiro atoms. The molecular formula is C26H21N7OS. The molecule has 6 aromatic rings. The van der Waals surface area contributed by atoms with Gasteiger partial charge in [0.15, 0.2) is 5.65 Å². The van der Waals surface area contributed by atoms with Gasteiger partial charge in [0.25, 0.3) is 0 Å². The number of rotatable bonds is 6. The summed E-state index contributed by atoms with van der Waals surface area (Å²) >= 11 is 1.55. The van der Waals surface area contributed by atoms with E-state index in [0.717, 1.165) is 51.0 Å². The first-order valence-corrected chi connectivity index (χ1v) is 12.1. The van der Waals surface area contributed by atoms with Crippen molar-refractivity contribution in [1.82, 2.24) is 34.1 Å². The van der Waals surface area contributed by atoms with Gasteiger partial charge in [-0.3, -0.25) is 9.55 Å². The molecule has 0 bridgehead atoms. The Kier molecular flexibility index (Phi) is 5.31. The Morgan fingerprint density at radius 2 is 1.77 bits per heavy atom. The molecule has 9 heteroatoms. The molecule has 0 N–H and O–H groups in total. The van der Waals surface area contributed by atoms with E-state index in [4.69, 9.17) is 9.72 Å². The molecule has 0 unspecified atom stereocenters. The summed E-state index contributed by atoms with van der Waals surface area (Å²) in [7, 11) is 0. The van der Waals surface area contributed by atoms with Gasteiger partial charge in [-0.25, -0.2) is 19.5 Å². The van der Waals surface area contributed by atoms with Gasteiger partial charge in [-0.05, 0) is 62.4 Å². The van der Waals surface area contributed by atoms with Crippen LogP contribution in [0.1, 0.15) is 12.6 Å². The summed E-state index contributed by atoms with van der Waals surface area (Å²) in [4.78, 5) is 23.0. The van der Waals surface area contributed by atoms with Crippen LogP contribution in [0.15, 0.2) is 78.0 Å². The van der Waals surface area contributed by atoms with E-state index in [1.54, 1.807) is 17.5 Å². The van der Waals surface area contributed by atoms with E-state index in [1.165, 1.54) is 0 Å². The number of pyridine rings is 2. The summed E-state index contributed by atoms with van der Waals surface area (Å²) in [6, 6.07) is 16.5. The topological polar surface area (TPSA) is 83.5 Å². The lowest BCUT2D eigenvalue weighted by Crippen LogP contribution is -2.02. The van der Waals surface area contributed by atoms with Crippen LogP contribution in [0.2, 0.25) is 0 Å². The van der Waals surface area contributed by atoms with E-state index >= 15 is 0 Å². The van der Waals surface area contributed by atoms with Crippen molar-refractivity contribution in [3.05, 3.63) is 83.7 Å². The van der Waals surface area contributed by atoms with E-state index in [1.807, 2.05) is 90.2 Å². The van der Waals surface area contributed by atoms with Gasteiger partial charge < -0.3 is 4.74 Å². The van der Waals surface area contributed by atoms with E-state index in [9.17, 15) is 0 Å². The fourth-order valence-corrected chi connectivity index (χ4v) is 4.50. The Labute approximate surface area is 205 Å². The van der Waals surface area contributed by atoms with Gasteiger partial charge in [0, 0.05) is 29.0 Å². The van der Waals surface area contributed by atoms with Crippen molar-refractivity contribution in [2.75, 3.05) is 6.61 Å². The third kappa shape index (κ3) is 3.85. The molecule has 0 fully saturated rings. The van der Waals surface area contributed by atoms with Crippen LogP contribution < -0.4 is 4.74 Å². The number of fused-ring (bicyclic) bond motifs is 1. The quantitative estimate of drug-likeness (QED) is 0.314. The molecule has 1 aromatic carbocycles. The molecule has 5 heterocycles. The van der Waals surface area contributed by atoms with Crippen molar-refractivity contribution in [2.45, 2.75) is 13.8 Å².